The summed E-state index contributed by atoms with van der Waals surface area (Å²) in [4.78, 5) is 0. The molecule has 1 fully saturated rings. The van der Waals surface area contributed by atoms with Gasteiger partial charge in [-0.05, 0) is 44.1 Å². The first-order valence-corrected chi connectivity index (χ1v) is 7.02. The molecule has 1 aliphatic carbocycles. The molecule has 0 saturated heterocycles. The number of ether oxygens (including phenoxy) is 1. The van der Waals surface area contributed by atoms with Gasteiger partial charge in [-0.1, -0.05) is 26.7 Å². The molecule has 1 saturated carbocycles. The van der Waals surface area contributed by atoms with E-state index in [1.807, 2.05) is 0 Å². The van der Waals surface area contributed by atoms with Gasteiger partial charge in [-0.2, -0.15) is 0 Å². The molecule has 96 valence electrons. The second-order valence-electron chi connectivity index (χ2n) is 5.27. The van der Waals surface area contributed by atoms with Crippen molar-refractivity contribution in [3.05, 3.63) is 0 Å². The van der Waals surface area contributed by atoms with Crippen LogP contribution in [0.2, 0.25) is 0 Å². The summed E-state index contributed by atoms with van der Waals surface area (Å²) in [5.74, 6) is 1.67. The first-order chi connectivity index (χ1) is 7.79. The van der Waals surface area contributed by atoms with Crippen molar-refractivity contribution in [2.75, 3.05) is 20.3 Å². The molecule has 3 atom stereocenters. The third-order valence-electron chi connectivity index (χ3n) is 3.98. The lowest BCUT2D eigenvalue weighted by Crippen LogP contribution is -2.41. The Hall–Kier alpha value is -0.0800. The predicted molar refractivity (Wildman–Crippen MR) is 69.7 cm³/mol. The third kappa shape index (κ3) is 4.42. The van der Waals surface area contributed by atoms with Crippen molar-refractivity contribution in [3.63, 3.8) is 0 Å². The third-order valence-corrected chi connectivity index (χ3v) is 3.98. The molecule has 0 aliphatic heterocycles. The fraction of sp³-hybridized carbons (Fsp3) is 1.00. The Morgan fingerprint density at radius 1 is 1.31 bits per heavy atom. The zero-order valence-electron chi connectivity index (χ0n) is 11.3. The molecule has 1 aliphatic rings. The van der Waals surface area contributed by atoms with Gasteiger partial charge in [-0.25, -0.2) is 0 Å². The number of rotatable bonds is 7. The zero-order chi connectivity index (χ0) is 11.8. The van der Waals surface area contributed by atoms with Gasteiger partial charge in [0.25, 0.3) is 0 Å². The summed E-state index contributed by atoms with van der Waals surface area (Å²) in [5.41, 5.74) is 0. The highest BCUT2D eigenvalue weighted by Crippen LogP contribution is 2.32. The Labute approximate surface area is 101 Å². The van der Waals surface area contributed by atoms with Crippen LogP contribution >= 0.6 is 0 Å². The average molecular weight is 227 g/mol. The van der Waals surface area contributed by atoms with Crippen molar-refractivity contribution in [1.82, 2.24) is 5.32 Å². The highest BCUT2D eigenvalue weighted by molar-refractivity contribution is 4.84. The van der Waals surface area contributed by atoms with Crippen LogP contribution in [-0.2, 0) is 4.74 Å². The lowest BCUT2D eigenvalue weighted by Gasteiger charge is -2.36. The molecule has 16 heavy (non-hydrogen) atoms. The Balaban J connectivity index is 2.38. The molecular weight excluding hydrogens is 198 g/mol. The van der Waals surface area contributed by atoms with Gasteiger partial charge in [-0.15, -0.1) is 0 Å². The molecule has 0 amide bonds. The molecular formula is C14H29NO. The summed E-state index contributed by atoms with van der Waals surface area (Å²) in [6.45, 7) is 6.74. The van der Waals surface area contributed by atoms with Crippen molar-refractivity contribution < 1.29 is 4.74 Å². The smallest absolute Gasteiger partial charge is 0.0464 e. The molecule has 0 aromatic heterocycles. The van der Waals surface area contributed by atoms with Crippen LogP contribution in [0, 0.1) is 11.8 Å². The van der Waals surface area contributed by atoms with E-state index in [4.69, 9.17) is 4.74 Å². The van der Waals surface area contributed by atoms with Gasteiger partial charge < -0.3 is 10.1 Å². The van der Waals surface area contributed by atoms with Crippen LogP contribution in [-0.4, -0.2) is 26.3 Å². The van der Waals surface area contributed by atoms with E-state index in [1.54, 1.807) is 7.11 Å². The van der Waals surface area contributed by atoms with E-state index in [-0.39, 0.29) is 0 Å². The number of hydrogen-bond acceptors (Lipinski definition) is 2. The minimum atomic E-state index is 0.764. The van der Waals surface area contributed by atoms with E-state index < -0.39 is 0 Å². The van der Waals surface area contributed by atoms with Gasteiger partial charge in [0.05, 0.1) is 0 Å². The van der Waals surface area contributed by atoms with E-state index in [0.29, 0.717) is 0 Å². The van der Waals surface area contributed by atoms with Gasteiger partial charge in [-0.3, -0.25) is 0 Å². The maximum Gasteiger partial charge on any atom is 0.0464 e. The van der Waals surface area contributed by atoms with E-state index in [2.05, 4.69) is 19.2 Å². The number of methoxy groups -OCH3 is 1. The molecule has 1 rings (SSSR count). The highest BCUT2D eigenvalue weighted by atomic mass is 16.5. The predicted octanol–water partition coefficient (Wildman–Crippen LogP) is 3.22. The molecule has 0 radical (unpaired) electrons. The summed E-state index contributed by atoms with van der Waals surface area (Å²) in [6, 6.07) is 0.764. The molecule has 2 heteroatoms. The van der Waals surface area contributed by atoms with Crippen LogP contribution in [0.5, 0.6) is 0 Å². The van der Waals surface area contributed by atoms with Gasteiger partial charge in [0.2, 0.25) is 0 Å². The second-order valence-corrected chi connectivity index (χ2v) is 5.27. The maximum atomic E-state index is 5.20. The fourth-order valence-corrected chi connectivity index (χ4v) is 2.94. The minimum absolute atomic E-state index is 0.764. The normalized spacial score (nSPS) is 27.9. The van der Waals surface area contributed by atoms with Gasteiger partial charge in [0.15, 0.2) is 0 Å². The highest BCUT2D eigenvalue weighted by Gasteiger charge is 2.28. The summed E-state index contributed by atoms with van der Waals surface area (Å²) in [7, 11) is 1.81. The molecule has 2 nitrogen and oxygen atoms in total. The van der Waals surface area contributed by atoms with Crippen LogP contribution in [0.25, 0.3) is 0 Å². The summed E-state index contributed by atoms with van der Waals surface area (Å²) >= 11 is 0. The summed E-state index contributed by atoms with van der Waals surface area (Å²) < 4.78 is 5.20. The fourth-order valence-electron chi connectivity index (χ4n) is 2.94. The molecule has 0 heterocycles. The van der Waals surface area contributed by atoms with Crippen LogP contribution in [0.3, 0.4) is 0 Å². The minimum Gasteiger partial charge on any atom is -0.385 e. The Morgan fingerprint density at radius 2 is 2.06 bits per heavy atom. The van der Waals surface area contributed by atoms with Crippen molar-refractivity contribution in [2.24, 2.45) is 11.8 Å². The molecule has 0 aromatic carbocycles. The molecule has 0 spiro atoms. The lowest BCUT2D eigenvalue weighted by atomic mass is 9.76. The Bertz CT molecular complexity index is 172. The van der Waals surface area contributed by atoms with Crippen molar-refractivity contribution >= 4 is 0 Å². The van der Waals surface area contributed by atoms with Gasteiger partial charge in [0.1, 0.15) is 0 Å². The Kier molecular flexibility index (Phi) is 7.06. The average Bonchev–Trinajstić information content (AvgIpc) is 2.33. The SMILES string of the molecule is CCCNC1CCCCC1C(C)CCOC. The quantitative estimate of drug-likeness (QED) is 0.721. The Morgan fingerprint density at radius 3 is 2.75 bits per heavy atom. The van der Waals surface area contributed by atoms with Crippen LogP contribution in [0.15, 0.2) is 0 Å². The van der Waals surface area contributed by atoms with E-state index >= 15 is 0 Å². The van der Waals surface area contributed by atoms with E-state index in [0.717, 1.165) is 24.5 Å². The first-order valence-electron chi connectivity index (χ1n) is 7.02. The molecule has 3 unspecified atom stereocenters. The van der Waals surface area contributed by atoms with Crippen molar-refractivity contribution in [1.29, 1.82) is 0 Å². The number of nitrogens with one attached hydrogen (secondary N) is 1. The number of hydrogen-bond donors (Lipinski definition) is 1. The maximum absolute atomic E-state index is 5.20. The standard InChI is InChI=1S/C14H29NO/c1-4-10-15-14-8-6-5-7-13(14)12(2)9-11-16-3/h12-15H,4-11H2,1-3H3. The second kappa shape index (κ2) is 8.08. The van der Waals surface area contributed by atoms with E-state index in [9.17, 15) is 0 Å². The molecule has 1 N–H and O–H groups in total. The van der Waals surface area contributed by atoms with Crippen molar-refractivity contribution in [2.45, 2.75) is 58.4 Å². The summed E-state index contributed by atoms with van der Waals surface area (Å²) in [5, 5.41) is 3.74. The monoisotopic (exact) mass is 227 g/mol. The van der Waals surface area contributed by atoms with Crippen LogP contribution in [0.4, 0.5) is 0 Å². The van der Waals surface area contributed by atoms with Crippen molar-refractivity contribution in [3.8, 4) is 0 Å². The van der Waals surface area contributed by atoms with Crippen LogP contribution < -0.4 is 5.32 Å². The zero-order valence-corrected chi connectivity index (χ0v) is 11.3. The molecule has 0 aromatic rings. The van der Waals surface area contributed by atoms with Gasteiger partial charge in [0, 0.05) is 19.8 Å². The lowest BCUT2D eigenvalue weighted by molar-refractivity contribution is 0.135. The first kappa shape index (κ1) is 14.0. The molecule has 0 bridgehead atoms. The van der Waals surface area contributed by atoms with Gasteiger partial charge >= 0.3 is 0 Å². The van der Waals surface area contributed by atoms with Crippen LogP contribution in [0.1, 0.15) is 52.4 Å². The van der Waals surface area contributed by atoms with E-state index in [1.165, 1.54) is 45.1 Å². The largest absolute Gasteiger partial charge is 0.385 e. The topological polar surface area (TPSA) is 21.3 Å². The summed E-state index contributed by atoms with van der Waals surface area (Å²) in [6.07, 6.45) is 8.08.